The second-order valence-electron chi connectivity index (χ2n) is 5.10. The third-order valence-electron chi connectivity index (χ3n) is 3.52. The third-order valence-corrected chi connectivity index (χ3v) is 5.83. The lowest BCUT2D eigenvalue weighted by Gasteiger charge is -2.18. The normalized spacial score (nSPS) is 23.8. The van der Waals surface area contributed by atoms with Crippen LogP contribution in [0.25, 0.3) is 0 Å². The molecule has 7 heteroatoms. The predicted molar refractivity (Wildman–Crippen MR) is 74.9 cm³/mol. The molecule has 104 valence electrons. The molecule has 0 bridgehead atoms. The minimum absolute atomic E-state index is 0.0383. The van der Waals surface area contributed by atoms with Gasteiger partial charge in [0.1, 0.15) is 5.82 Å². The maximum atomic E-state index is 11.9. The average Bonchev–Trinajstić information content (AvgIpc) is 3.13. The molecule has 1 saturated carbocycles. The zero-order chi connectivity index (χ0) is 13.5. The first-order chi connectivity index (χ1) is 9.06. The fourth-order valence-corrected chi connectivity index (χ4v) is 4.21. The second-order valence-corrected chi connectivity index (χ2v) is 7.50. The first kappa shape index (κ1) is 13.1. The molecule has 0 amide bonds. The molecule has 1 unspecified atom stereocenters. The molecule has 0 radical (unpaired) electrons. The maximum Gasteiger partial charge on any atom is 0.214 e. The van der Waals surface area contributed by atoms with Crippen LogP contribution in [0, 0.1) is 0 Å². The molecule has 0 spiro atoms. The fourth-order valence-electron chi connectivity index (χ4n) is 2.37. The standard InChI is InChI=1S/C12H16ClN3O2S/c13-11-2-1-6-14-12(11)16-7-5-9(8-16)15-19(17,18)10-3-4-10/h1-2,6,9-10,15H,3-5,7-8H2. The van der Waals surface area contributed by atoms with E-state index in [0.717, 1.165) is 31.6 Å². The molecule has 2 heterocycles. The first-order valence-electron chi connectivity index (χ1n) is 6.43. The zero-order valence-electron chi connectivity index (χ0n) is 10.4. The van der Waals surface area contributed by atoms with E-state index in [1.165, 1.54) is 0 Å². The van der Waals surface area contributed by atoms with Gasteiger partial charge in [-0.3, -0.25) is 0 Å². The van der Waals surface area contributed by atoms with Crippen LogP contribution in [-0.2, 0) is 10.0 Å². The van der Waals surface area contributed by atoms with Crippen molar-refractivity contribution in [1.82, 2.24) is 9.71 Å². The molecule has 2 fully saturated rings. The highest BCUT2D eigenvalue weighted by Gasteiger charge is 2.38. The SMILES string of the molecule is O=S(=O)(NC1CCN(c2ncccc2Cl)C1)C1CC1. The van der Waals surface area contributed by atoms with Crippen molar-refractivity contribution in [1.29, 1.82) is 0 Å². The number of hydrogen-bond acceptors (Lipinski definition) is 4. The molecule has 1 atom stereocenters. The number of rotatable bonds is 4. The minimum atomic E-state index is -3.12. The molecule has 1 saturated heterocycles. The molecular formula is C12H16ClN3O2S. The van der Waals surface area contributed by atoms with Gasteiger partial charge in [-0.1, -0.05) is 11.6 Å². The van der Waals surface area contributed by atoms with Crippen molar-refractivity contribution in [3.63, 3.8) is 0 Å². The maximum absolute atomic E-state index is 11.9. The predicted octanol–water partition coefficient (Wildman–Crippen LogP) is 1.40. The number of nitrogens with zero attached hydrogens (tertiary/aromatic N) is 2. The molecular weight excluding hydrogens is 286 g/mol. The molecule has 3 rings (SSSR count). The van der Waals surface area contributed by atoms with E-state index >= 15 is 0 Å². The lowest BCUT2D eigenvalue weighted by Crippen LogP contribution is -2.39. The van der Waals surface area contributed by atoms with Crippen molar-refractivity contribution in [2.75, 3.05) is 18.0 Å². The molecule has 19 heavy (non-hydrogen) atoms. The van der Waals surface area contributed by atoms with Gasteiger partial charge in [0.2, 0.25) is 10.0 Å². The van der Waals surface area contributed by atoms with Gasteiger partial charge in [0, 0.05) is 25.3 Å². The Morgan fingerprint density at radius 1 is 1.37 bits per heavy atom. The zero-order valence-corrected chi connectivity index (χ0v) is 12.0. The monoisotopic (exact) mass is 301 g/mol. The van der Waals surface area contributed by atoms with Gasteiger partial charge in [0.25, 0.3) is 0 Å². The van der Waals surface area contributed by atoms with E-state index in [-0.39, 0.29) is 11.3 Å². The quantitative estimate of drug-likeness (QED) is 0.913. The summed E-state index contributed by atoms with van der Waals surface area (Å²) < 4.78 is 26.6. The van der Waals surface area contributed by atoms with Gasteiger partial charge in [-0.2, -0.15) is 0 Å². The molecule has 1 aliphatic carbocycles. The number of halogens is 1. The number of sulfonamides is 1. The van der Waals surface area contributed by atoms with Crippen LogP contribution in [0.1, 0.15) is 19.3 Å². The van der Waals surface area contributed by atoms with Crippen LogP contribution in [0.3, 0.4) is 0 Å². The first-order valence-corrected chi connectivity index (χ1v) is 8.35. The Balaban J connectivity index is 1.66. The van der Waals surface area contributed by atoms with Gasteiger partial charge in [0.15, 0.2) is 0 Å². The van der Waals surface area contributed by atoms with Crippen molar-refractivity contribution in [3.8, 4) is 0 Å². The molecule has 0 aromatic carbocycles. The van der Waals surface area contributed by atoms with Crippen molar-refractivity contribution in [2.45, 2.75) is 30.6 Å². The highest BCUT2D eigenvalue weighted by molar-refractivity contribution is 7.90. The average molecular weight is 302 g/mol. The van der Waals surface area contributed by atoms with Gasteiger partial charge in [-0.15, -0.1) is 0 Å². The lowest BCUT2D eigenvalue weighted by molar-refractivity contribution is 0.560. The van der Waals surface area contributed by atoms with Crippen molar-refractivity contribution >= 4 is 27.4 Å². The van der Waals surface area contributed by atoms with Crippen LogP contribution in [0.5, 0.6) is 0 Å². The number of hydrogen-bond donors (Lipinski definition) is 1. The Bertz CT molecular complexity index is 574. The summed E-state index contributed by atoms with van der Waals surface area (Å²) in [5, 5.41) is 0.438. The molecule has 1 aromatic heterocycles. The van der Waals surface area contributed by atoms with E-state index in [0.29, 0.717) is 11.6 Å². The number of anilines is 1. The summed E-state index contributed by atoms with van der Waals surface area (Å²) in [5.41, 5.74) is 0. The Labute approximate surface area is 118 Å². The summed E-state index contributed by atoms with van der Waals surface area (Å²) in [6, 6.07) is 3.55. The summed E-state index contributed by atoms with van der Waals surface area (Å²) in [7, 11) is -3.12. The van der Waals surface area contributed by atoms with E-state index < -0.39 is 10.0 Å². The van der Waals surface area contributed by atoms with Gasteiger partial charge in [-0.25, -0.2) is 18.1 Å². The third kappa shape index (κ3) is 2.85. The minimum Gasteiger partial charge on any atom is -0.354 e. The Morgan fingerprint density at radius 2 is 2.16 bits per heavy atom. The van der Waals surface area contributed by atoms with E-state index in [9.17, 15) is 8.42 Å². The van der Waals surface area contributed by atoms with Crippen LogP contribution >= 0.6 is 11.6 Å². The van der Waals surface area contributed by atoms with Crippen molar-refractivity contribution < 1.29 is 8.42 Å². The van der Waals surface area contributed by atoms with Crippen molar-refractivity contribution in [2.24, 2.45) is 0 Å². The molecule has 5 nitrogen and oxygen atoms in total. The van der Waals surface area contributed by atoms with Crippen LogP contribution in [0.15, 0.2) is 18.3 Å². The van der Waals surface area contributed by atoms with Gasteiger partial charge < -0.3 is 4.90 Å². The van der Waals surface area contributed by atoms with E-state index in [4.69, 9.17) is 11.6 Å². The summed E-state index contributed by atoms with van der Waals surface area (Å²) in [5.74, 6) is 0.734. The van der Waals surface area contributed by atoms with Crippen LogP contribution in [0.4, 0.5) is 5.82 Å². The van der Waals surface area contributed by atoms with Gasteiger partial charge in [0.05, 0.1) is 10.3 Å². The highest BCUT2D eigenvalue weighted by Crippen LogP contribution is 2.29. The van der Waals surface area contributed by atoms with Gasteiger partial charge >= 0.3 is 0 Å². The van der Waals surface area contributed by atoms with Crippen molar-refractivity contribution in [3.05, 3.63) is 23.4 Å². The Morgan fingerprint density at radius 3 is 2.84 bits per heavy atom. The number of pyridine rings is 1. The van der Waals surface area contributed by atoms with Crippen LogP contribution in [0.2, 0.25) is 5.02 Å². The van der Waals surface area contributed by atoms with Gasteiger partial charge in [-0.05, 0) is 31.4 Å². The van der Waals surface area contributed by atoms with Crippen LogP contribution < -0.4 is 9.62 Å². The summed E-state index contributed by atoms with van der Waals surface area (Å²) >= 11 is 6.10. The fraction of sp³-hybridized carbons (Fsp3) is 0.583. The largest absolute Gasteiger partial charge is 0.354 e. The molecule has 1 N–H and O–H groups in total. The van der Waals surface area contributed by atoms with Crippen LogP contribution in [-0.4, -0.2) is 37.8 Å². The topological polar surface area (TPSA) is 62.3 Å². The Kier molecular flexibility index (Phi) is 3.41. The second kappa shape index (κ2) is 4.92. The van der Waals surface area contributed by atoms with E-state index in [1.54, 1.807) is 18.3 Å². The molecule has 2 aliphatic rings. The number of aromatic nitrogens is 1. The summed E-state index contributed by atoms with van der Waals surface area (Å²) in [4.78, 5) is 6.29. The molecule has 1 aromatic rings. The highest BCUT2D eigenvalue weighted by atomic mass is 35.5. The summed E-state index contributed by atoms with van der Waals surface area (Å²) in [6.45, 7) is 1.40. The Hall–Kier alpha value is -0.850. The molecule has 1 aliphatic heterocycles. The lowest BCUT2D eigenvalue weighted by atomic mass is 10.3. The van der Waals surface area contributed by atoms with E-state index in [2.05, 4.69) is 9.71 Å². The smallest absolute Gasteiger partial charge is 0.214 e. The summed E-state index contributed by atoms with van der Waals surface area (Å²) in [6.07, 6.45) is 4.07. The van der Waals surface area contributed by atoms with E-state index in [1.807, 2.05) is 4.90 Å². The number of nitrogens with one attached hydrogen (secondary N) is 1.